The summed E-state index contributed by atoms with van der Waals surface area (Å²) in [6.45, 7) is 11.1. The quantitative estimate of drug-likeness (QED) is 0.365. The van der Waals surface area contributed by atoms with E-state index in [9.17, 15) is 4.79 Å². The molecule has 3 aromatic rings. The fraction of sp³-hybridized carbons (Fsp3) is 0.296. The fourth-order valence-corrected chi connectivity index (χ4v) is 8.81. The number of esters is 1. The molecule has 4 heteroatoms. The number of carbonyl (C=O) groups is 1. The van der Waals surface area contributed by atoms with E-state index in [1.165, 1.54) is 10.4 Å². The van der Waals surface area contributed by atoms with Gasteiger partial charge in [0.05, 0.1) is 18.3 Å². The van der Waals surface area contributed by atoms with Gasteiger partial charge in [0.1, 0.15) is 0 Å². The Morgan fingerprint density at radius 2 is 1.32 bits per heavy atom. The summed E-state index contributed by atoms with van der Waals surface area (Å²) in [7, 11) is -2.63. The third-order valence-electron chi connectivity index (χ3n) is 5.66. The van der Waals surface area contributed by atoms with Crippen LogP contribution in [-0.2, 0) is 9.16 Å². The van der Waals surface area contributed by atoms with Gasteiger partial charge in [0.25, 0.3) is 8.32 Å². The van der Waals surface area contributed by atoms with Gasteiger partial charge in [0, 0.05) is 0 Å². The van der Waals surface area contributed by atoms with Gasteiger partial charge in [-0.2, -0.15) is 0 Å². The van der Waals surface area contributed by atoms with Gasteiger partial charge < -0.3 is 9.16 Å². The zero-order valence-electron chi connectivity index (χ0n) is 19.1. The number of hydrogen-bond acceptors (Lipinski definition) is 3. The highest BCUT2D eigenvalue weighted by molar-refractivity contribution is 6.99. The van der Waals surface area contributed by atoms with E-state index in [2.05, 4.69) is 76.2 Å². The van der Waals surface area contributed by atoms with Gasteiger partial charge in [-0.3, -0.25) is 0 Å². The van der Waals surface area contributed by atoms with E-state index in [0.29, 0.717) is 12.2 Å². The molecule has 0 radical (unpaired) electrons. The van der Waals surface area contributed by atoms with E-state index >= 15 is 0 Å². The van der Waals surface area contributed by atoms with Gasteiger partial charge in [-0.1, -0.05) is 93.6 Å². The molecule has 0 aliphatic carbocycles. The molecule has 3 aromatic carbocycles. The summed E-state index contributed by atoms with van der Waals surface area (Å²) in [6.07, 6.45) is -0.137. The van der Waals surface area contributed by atoms with Crippen LogP contribution in [0.25, 0.3) is 0 Å². The minimum Gasteiger partial charge on any atom is -0.462 e. The molecule has 0 aliphatic heterocycles. The first-order chi connectivity index (χ1) is 14.8. The smallest absolute Gasteiger partial charge is 0.338 e. The van der Waals surface area contributed by atoms with Crippen molar-refractivity contribution in [2.24, 2.45) is 0 Å². The van der Waals surface area contributed by atoms with Gasteiger partial charge in [-0.25, -0.2) is 4.79 Å². The zero-order valence-corrected chi connectivity index (χ0v) is 20.1. The highest BCUT2D eigenvalue weighted by Gasteiger charge is 2.51. The largest absolute Gasteiger partial charge is 0.462 e. The number of hydrogen-bond donors (Lipinski definition) is 0. The Hall–Kier alpha value is -2.69. The summed E-state index contributed by atoms with van der Waals surface area (Å²) in [5, 5.41) is 2.42. The van der Waals surface area contributed by atoms with Crippen LogP contribution in [0.1, 0.15) is 56.6 Å². The monoisotopic (exact) mass is 432 g/mol. The van der Waals surface area contributed by atoms with Crippen LogP contribution in [0.3, 0.4) is 0 Å². The molecule has 0 amide bonds. The topological polar surface area (TPSA) is 35.5 Å². The van der Waals surface area contributed by atoms with Crippen LogP contribution in [0.5, 0.6) is 0 Å². The Kier molecular flexibility index (Phi) is 7.14. The molecule has 3 nitrogen and oxygen atoms in total. The summed E-state index contributed by atoms with van der Waals surface area (Å²) < 4.78 is 12.2. The van der Waals surface area contributed by atoms with Crippen LogP contribution >= 0.6 is 0 Å². The Balaban J connectivity index is 2.04. The second-order valence-electron chi connectivity index (χ2n) is 8.77. The van der Waals surface area contributed by atoms with Gasteiger partial charge in [0.2, 0.25) is 0 Å². The third kappa shape index (κ3) is 4.81. The lowest BCUT2D eigenvalue weighted by Crippen LogP contribution is -2.66. The molecular weight excluding hydrogens is 400 g/mol. The lowest BCUT2D eigenvalue weighted by atomic mass is 10.1. The van der Waals surface area contributed by atoms with E-state index in [1.807, 2.05) is 43.3 Å². The number of benzene rings is 3. The van der Waals surface area contributed by atoms with E-state index in [0.717, 1.165) is 5.56 Å². The van der Waals surface area contributed by atoms with Crippen LogP contribution in [0.15, 0.2) is 84.9 Å². The van der Waals surface area contributed by atoms with Crippen molar-refractivity contribution in [2.45, 2.75) is 45.8 Å². The fourth-order valence-electron chi connectivity index (χ4n) is 4.13. The minimum atomic E-state index is -2.63. The Labute approximate surface area is 187 Å². The van der Waals surface area contributed by atoms with Crippen LogP contribution in [0.4, 0.5) is 0 Å². The van der Waals surface area contributed by atoms with Crippen molar-refractivity contribution in [1.29, 1.82) is 0 Å². The molecule has 31 heavy (non-hydrogen) atoms. The molecule has 162 valence electrons. The molecule has 0 aromatic heterocycles. The average molecular weight is 433 g/mol. The molecular formula is C27H32O3Si. The molecule has 0 saturated carbocycles. The molecule has 0 bridgehead atoms. The van der Waals surface area contributed by atoms with Crippen molar-refractivity contribution >= 4 is 24.7 Å². The van der Waals surface area contributed by atoms with Gasteiger partial charge >= 0.3 is 5.97 Å². The normalized spacial score (nSPS) is 12.9. The second kappa shape index (κ2) is 9.63. The lowest BCUT2D eigenvalue weighted by Gasteiger charge is -2.44. The first-order valence-electron chi connectivity index (χ1n) is 10.9. The SMILES string of the molecule is CCOC(=O)c1ccc(C(C)O[Si](c2ccccc2)(c2ccccc2)C(C)(C)C)cc1. The maximum absolute atomic E-state index is 12.0. The van der Waals surface area contributed by atoms with E-state index in [1.54, 1.807) is 0 Å². The predicted molar refractivity (Wildman–Crippen MR) is 130 cm³/mol. The van der Waals surface area contributed by atoms with Gasteiger partial charge in [-0.15, -0.1) is 0 Å². The van der Waals surface area contributed by atoms with Gasteiger partial charge in [-0.05, 0) is 47.0 Å². The van der Waals surface area contributed by atoms with Crippen molar-refractivity contribution in [2.75, 3.05) is 6.61 Å². The van der Waals surface area contributed by atoms with E-state index in [-0.39, 0.29) is 17.1 Å². The molecule has 3 rings (SSSR count). The Bertz CT molecular complexity index is 937. The Morgan fingerprint density at radius 3 is 1.74 bits per heavy atom. The number of carbonyl (C=O) groups excluding carboxylic acids is 1. The minimum absolute atomic E-state index is 0.0885. The van der Waals surface area contributed by atoms with Crippen molar-refractivity contribution < 1.29 is 14.0 Å². The van der Waals surface area contributed by atoms with Crippen LogP contribution in [0.2, 0.25) is 5.04 Å². The van der Waals surface area contributed by atoms with Crippen molar-refractivity contribution in [1.82, 2.24) is 0 Å². The summed E-state index contributed by atoms with van der Waals surface area (Å²) >= 11 is 0. The number of rotatable bonds is 7. The van der Waals surface area contributed by atoms with Crippen LogP contribution in [-0.4, -0.2) is 20.9 Å². The Morgan fingerprint density at radius 1 is 0.839 bits per heavy atom. The molecule has 0 fully saturated rings. The predicted octanol–water partition coefficient (Wildman–Crippen LogP) is 5.50. The molecule has 1 unspecified atom stereocenters. The summed E-state index contributed by atoms with van der Waals surface area (Å²) in [5.41, 5.74) is 1.60. The first-order valence-corrected chi connectivity index (χ1v) is 12.8. The number of ether oxygens (including phenoxy) is 1. The zero-order chi connectivity index (χ0) is 22.5. The third-order valence-corrected chi connectivity index (χ3v) is 10.8. The summed E-state index contributed by atoms with van der Waals surface area (Å²) in [6, 6.07) is 28.8. The van der Waals surface area contributed by atoms with E-state index in [4.69, 9.17) is 9.16 Å². The molecule has 1 atom stereocenters. The van der Waals surface area contributed by atoms with Crippen LogP contribution in [0, 0.1) is 0 Å². The maximum Gasteiger partial charge on any atom is 0.338 e. The molecule has 0 saturated heterocycles. The molecule has 0 N–H and O–H groups in total. The van der Waals surface area contributed by atoms with Crippen molar-refractivity contribution in [3.63, 3.8) is 0 Å². The van der Waals surface area contributed by atoms with E-state index < -0.39 is 8.32 Å². The van der Waals surface area contributed by atoms with Gasteiger partial charge in [0.15, 0.2) is 0 Å². The maximum atomic E-state index is 12.0. The summed E-state index contributed by atoms with van der Waals surface area (Å²) in [4.78, 5) is 12.0. The highest BCUT2D eigenvalue weighted by Crippen LogP contribution is 2.39. The average Bonchev–Trinajstić information content (AvgIpc) is 2.78. The first kappa shape index (κ1) is 23.0. The van der Waals surface area contributed by atoms with Crippen LogP contribution < -0.4 is 10.4 Å². The van der Waals surface area contributed by atoms with Crippen molar-refractivity contribution in [3.05, 3.63) is 96.1 Å². The lowest BCUT2D eigenvalue weighted by molar-refractivity contribution is 0.0526. The van der Waals surface area contributed by atoms with Crippen molar-refractivity contribution in [3.8, 4) is 0 Å². The molecule has 0 spiro atoms. The highest BCUT2D eigenvalue weighted by atomic mass is 28.4. The standard InChI is InChI=1S/C27H32O3Si/c1-6-29-26(28)23-19-17-22(18-20-23)21(2)30-31(27(3,4)5,24-13-9-7-10-14-24)25-15-11-8-12-16-25/h7-21H,6H2,1-5H3. The molecule has 0 aliphatic rings. The summed E-state index contributed by atoms with van der Waals surface area (Å²) in [5.74, 6) is -0.297. The molecule has 0 heterocycles. The second-order valence-corrected chi connectivity index (χ2v) is 13.0.